The van der Waals surface area contributed by atoms with Crippen LogP contribution in [0.5, 0.6) is 0 Å². The van der Waals surface area contributed by atoms with Gasteiger partial charge in [-0.25, -0.2) is 4.79 Å². The summed E-state index contributed by atoms with van der Waals surface area (Å²) in [6, 6.07) is 0.352. The molecule has 0 aliphatic carbocycles. The molecule has 0 aromatic carbocycles. The second-order valence-corrected chi connectivity index (χ2v) is 4.62. The summed E-state index contributed by atoms with van der Waals surface area (Å²) < 4.78 is 1.47. The summed E-state index contributed by atoms with van der Waals surface area (Å²) in [6.07, 6.45) is 2.33. The lowest BCUT2D eigenvalue weighted by molar-refractivity contribution is -0.384. The highest BCUT2D eigenvalue weighted by molar-refractivity contribution is 5.96. The molecular weight excluding hydrogens is 266 g/mol. The van der Waals surface area contributed by atoms with E-state index in [1.165, 1.54) is 21.7 Å². The molecule has 20 heavy (non-hydrogen) atoms. The number of carboxylic acids is 1. The number of carbonyl (C=O) groups excluding carboxylic acids is 1. The van der Waals surface area contributed by atoms with Gasteiger partial charge in [-0.2, -0.15) is 0 Å². The van der Waals surface area contributed by atoms with Crippen molar-refractivity contribution in [1.82, 2.24) is 9.47 Å². The van der Waals surface area contributed by atoms with Crippen LogP contribution in [0, 0.1) is 10.1 Å². The Morgan fingerprint density at radius 1 is 1.55 bits per heavy atom. The number of nitro groups is 1. The maximum Gasteiger partial charge on any atom is 0.326 e. The average Bonchev–Trinajstić information content (AvgIpc) is 3.04. The van der Waals surface area contributed by atoms with Gasteiger partial charge in [0.25, 0.3) is 11.6 Å². The zero-order valence-electron chi connectivity index (χ0n) is 11.0. The van der Waals surface area contributed by atoms with Crippen molar-refractivity contribution < 1.29 is 19.6 Å². The first-order valence-electron chi connectivity index (χ1n) is 6.34. The summed E-state index contributed by atoms with van der Waals surface area (Å²) in [5.74, 6) is -1.51. The van der Waals surface area contributed by atoms with Gasteiger partial charge in [0.1, 0.15) is 11.7 Å². The first kappa shape index (κ1) is 14.0. The van der Waals surface area contributed by atoms with Crippen molar-refractivity contribution in [3.05, 3.63) is 28.1 Å². The number of carboxylic acid groups (broad SMARTS) is 1. The summed E-state index contributed by atoms with van der Waals surface area (Å²) in [6.45, 7) is 2.53. The van der Waals surface area contributed by atoms with E-state index in [-0.39, 0.29) is 11.4 Å². The minimum Gasteiger partial charge on any atom is -0.480 e. The maximum atomic E-state index is 12.4. The fourth-order valence-electron chi connectivity index (χ4n) is 2.45. The molecule has 1 amide bonds. The Balaban J connectivity index is 2.33. The van der Waals surface area contributed by atoms with Crippen LogP contribution in [0.25, 0.3) is 0 Å². The molecule has 0 bridgehead atoms. The van der Waals surface area contributed by atoms with E-state index in [2.05, 4.69) is 0 Å². The minimum atomic E-state index is -1.04. The Bertz CT molecular complexity index is 565. The summed E-state index contributed by atoms with van der Waals surface area (Å²) >= 11 is 0. The lowest BCUT2D eigenvalue weighted by Gasteiger charge is -2.21. The van der Waals surface area contributed by atoms with Gasteiger partial charge in [-0.1, -0.05) is 0 Å². The van der Waals surface area contributed by atoms with Crippen LogP contribution in [0.15, 0.2) is 12.3 Å². The molecule has 1 saturated heterocycles. The number of hydrogen-bond acceptors (Lipinski definition) is 4. The molecule has 108 valence electrons. The number of amides is 1. The molecular formula is C12H15N3O5. The quantitative estimate of drug-likeness (QED) is 0.657. The van der Waals surface area contributed by atoms with E-state index in [4.69, 9.17) is 5.11 Å². The van der Waals surface area contributed by atoms with Crippen LogP contribution in [-0.2, 0) is 11.3 Å². The molecule has 1 aliphatic heterocycles. The van der Waals surface area contributed by atoms with Gasteiger partial charge in [0, 0.05) is 19.2 Å². The third-order valence-corrected chi connectivity index (χ3v) is 3.45. The molecule has 0 radical (unpaired) electrons. The Hall–Kier alpha value is -2.38. The zero-order chi connectivity index (χ0) is 14.9. The van der Waals surface area contributed by atoms with Gasteiger partial charge < -0.3 is 14.6 Å². The van der Waals surface area contributed by atoms with Gasteiger partial charge in [0.2, 0.25) is 0 Å². The van der Waals surface area contributed by atoms with Gasteiger partial charge in [-0.15, -0.1) is 0 Å². The molecule has 8 heteroatoms. The van der Waals surface area contributed by atoms with E-state index in [1.54, 1.807) is 6.92 Å². The standard InChI is InChI=1S/C12H15N3O5/c1-2-13-7-8(15(19)20)6-10(13)11(16)14-5-3-4-9(14)12(17)18/h6-7,9H,2-5H2,1H3,(H,17,18)/t9-/m1/s1. The van der Waals surface area contributed by atoms with E-state index in [0.717, 1.165) is 0 Å². The first-order valence-corrected chi connectivity index (χ1v) is 6.34. The molecule has 8 nitrogen and oxygen atoms in total. The second kappa shape index (κ2) is 5.32. The van der Waals surface area contributed by atoms with Gasteiger partial charge in [0.05, 0.1) is 11.1 Å². The SMILES string of the molecule is CCn1cc([N+](=O)[O-])cc1C(=O)N1CCC[C@@H]1C(=O)O. The van der Waals surface area contributed by atoms with Crippen molar-refractivity contribution in [1.29, 1.82) is 0 Å². The van der Waals surface area contributed by atoms with E-state index < -0.39 is 22.8 Å². The van der Waals surface area contributed by atoms with Crippen molar-refractivity contribution in [2.45, 2.75) is 32.4 Å². The fraction of sp³-hybridized carbons (Fsp3) is 0.500. The Morgan fingerprint density at radius 2 is 2.25 bits per heavy atom. The van der Waals surface area contributed by atoms with Crippen molar-refractivity contribution in [3.8, 4) is 0 Å². The van der Waals surface area contributed by atoms with Gasteiger partial charge in [-0.05, 0) is 19.8 Å². The third kappa shape index (κ3) is 2.36. The van der Waals surface area contributed by atoms with E-state index in [1.807, 2.05) is 0 Å². The first-order chi connectivity index (χ1) is 9.45. The van der Waals surface area contributed by atoms with Crippen LogP contribution in [0.4, 0.5) is 5.69 Å². The summed E-state index contributed by atoms with van der Waals surface area (Å²) in [5.41, 5.74) is -0.00591. The molecule has 1 aliphatic rings. The molecule has 1 N–H and O–H groups in total. The zero-order valence-corrected chi connectivity index (χ0v) is 11.0. The fourth-order valence-corrected chi connectivity index (χ4v) is 2.45. The highest BCUT2D eigenvalue weighted by Gasteiger charge is 2.36. The number of likely N-dealkylation sites (tertiary alicyclic amines) is 1. The molecule has 1 fully saturated rings. The molecule has 2 heterocycles. The molecule has 0 saturated carbocycles. The van der Waals surface area contributed by atoms with Gasteiger partial charge in [-0.3, -0.25) is 14.9 Å². The minimum absolute atomic E-state index is 0.160. The summed E-state index contributed by atoms with van der Waals surface area (Å²) in [7, 11) is 0. The van der Waals surface area contributed by atoms with E-state index in [9.17, 15) is 19.7 Å². The lowest BCUT2D eigenvalue weighted by Crippen LogP contribution is -2.41. The topological polar surface area (TPSA) is 106 Å². The number of rotatable bonds is 4. The van der Waals surface area contributed by atoms with Gasteiger partial charge >= 0.3 is 5.97 Å². The third-order valence-electron chi connectivity index (χ3n) is 3.45. The molecule has 1 atom stereocenters. The second-order valence-electron chi connectivity index (χ2n) is 4.62. The summed E-state index contributed by atoms with van der Waals surface area (Å²) in [5, 5.41) is 19.9. The largest absolute Gasteiger partial charge is 0.480 e. The average molecular weight is 281 g/mol. The van der Waals surface area contributed by atoms with Gasteiger partial charge in [0.15, 0.2) is 0 Å². The smallest absolute Gasteiger partial charge is 0.326 e. The van der Waals surface area contributed by atoms with Crippen molar-refractivity contribution in [2.24, 2.45) is 0 Å². The molecule has 1 aromatic rings. The van der Waals surface area contributed by atoms with Crippen LogP contribution in [0.1, 0.15) is 30.3 Å². The Kier molecular flexibility index (Phi) is 3.73. The highest BCUT2D eigenvalue weighted by atomic mass is 16.6. The number of aliphatic carboxylic acids is 1. The predicted molar refractivity (Wildman–Crippen MR) is 68.5 cm³/mol. The Morgan fingerprint density at radius 3 is 2.80 bits per heavy atom. The van der Waals surface area contributed by atoms with E-state index >= 15 is 0 Å². The molecule has 2 rings (SSSR count). The van der Waals surface area contributed by atoms with Crippen LogP contribution in [0.2, 0.25) is 0 Å². The van der Waals surface area contributed by atoms with Crippen molar-refractivity contribution in [3.63, 3.8) is 0 Å². The lowest BCUT2D eigenvalue weighted by atomic mass is 10.2. The van der Waals surface area contributed by atoms with Crippen LogP contribution in [0.3, 0.4) is 0 Å². The van der Waals surface area contributed by atoms with Crippen molar-refractivity contribution >= 4 is 17.6 Å². The van der Waals surface area contributed by atoms with Crippen LogP contribution in [-0.4, -0.2) is 44.0 Å². The van der Waals surface area contributed by atoms with Crippen LogP contribution >= 0.6 is 0 Å². The normalized spacial score (nSPS) is 18.2. The highest BCUT2D eigenvalue weighted by Crippen LogP contribution is 2.23. The number of hydrogen-bond donors (Lipinski definition) is 1. The maximum absolute atomic E-state index is 12.4. The van der Waals surface area contributed by atoms with Crippen molar-refractivity contribution in [2.75, 3.05) is 6.54 Å². The predicted octanol–water partition coefficient (Wildman–Crippen LogP) is 1.11. The number of nitrogens with zero attached hydrogens (tertiary/aromatic N) is 3. The molecule has 0 spiro atoms. The number of aromatic nitrogens is 1. The molecule has 0 unspecified atom stereocenters. The number of carbonyl (C=O) groups is 2. The summed E-state index contributed by atoms with van der Waals surface area (Å²) in [4.78, 5) is 35.0. The Labute approximate surface area is 114 Å². The van der Waals surface area contributed by atoms with E-state index in [0.29, 0.717) is 25.9 Å². The monoisotopic (exact) mass is 281 g/mol. The number of aryl methyl sites for hydroxylation is 1. The molecule has 1 aromatic heterocycles. The van der Waals surface area contributed by atoms with Crippen LogP contribution < -0.4 is 0 Å².